The van der Waals surface area contributed by atoms with Gasteiger partial charge in [-0.1, -0.05) is 12.1 Å². The van der Waals surface area contributed by atoms with Gasteiger partial charge in [-0.3, -0.25) is 4.79 Å². The molecule has 0 saturated carbocycles. The van der Waals surface area contributed by atoms with Gasteiger partial charge in [0.15, 0.2) is 5.83 Å². The monoisotopic (exact) mass is 417 g/mol. The Morgan fingerprint density at radius 3 is 2.63 bits per heavy atom. The van der Waals surface area contributed by atoms with Gasteiger partial charge in [0.2, 0.25) is 5.88 Å². The summed E-state index contributed by atoms with van der Waals surface area (Å²) in [4.78, 5) is 23.9. The van der Waals surface area contributed by atoms with Crippen LogP contribution in [0.15, 0.2) is 48.0 Å². The predicted molar refractivity (Wildman–Crippen MR) is 105 cm³/mol. The van der Waals surface area contributed by atoms with E-state index in [0.717, 1.165) is 12.2 Å². The van der Waals surface area contributed by atoms with Crippen molar-refractivity contribution in [1.29, 1.82) is 0 Å². The molecular formula is C21H21F2N3O4. The molecular weight excluding hydrogens is 396 g/mol. The van der Waals surface area contributed by atoms with Gasteiger partial charge >= 0.3 is 5.97 Å². The fourth-order valence-electron chi connectivity index (χ4n) is 3.11. The van der Waals surface area contributed by atoms with E-state index in [1.54, 1.807) is 26.0 Å². The first-order valence-electron chi connectivity index (χ1n) is 9.23. The minimum absolute atomic E-state index is 0.00563. The van der Waals surface area contributed by atoms with Gasteiger partial charge in [0.1, 0.15) is 17.5 Å². The van der Waals surface area contributed by atoms with Gasteiger partial charge in [-0.05, 0) is 43.7 Å². The normalized spacial score (nSPS) is 17.0. The quantitative estimate of drug-likeness (QED) is 0.746. The lowest BCUT2D eigenvalue weighted by atomic mass is 10.1. The summed E-state index contributed by atoms with van der Waals surface area (Å²) in [5.74, 6) is -2.46. The Labute approximate surface area is 171 Å². The van der Waals surface area contributed by atoms with Crippen LogP contribution in [0.25, 0.3) is 0 Å². The molecule has 9 heteroatoms. The SMILES string of the molecule is Cc1nn(C)c(OC2=C(F)C=CC(F)C2)c1C(=O)N[C@@H](C)c1ccc(C(=O)O)cc1. The number of benzene rings is 1. The number of rotatable bonds is 6. The van der Waals surface area contributed by atoms with Crippen molar-refractivity contribution in [3.8, 4) is 5.88 Å². The van der Waals surface area contributed by atoms with E-state index in [0.29, 0.717) is 11.3 Å². The molecule has 7 nitrogen and oxygen atoms in total. The lowest BCUT2D eigenvalue weighted by Gasteiger charge is -2.17. The van der Waals surface area contributed by atoms with E-state index in [1.165, 1.54) is 23.9 Å². The van der Waals surface area contributed by atoms with Crippen LogP contribution in [0.5, 0.6) is 5.88 Å². The number of ether oxygens (including phenoxy) is 1. The Bertz CT molecular complexity index is 1040. The molecule has 0 radical (unpaired) electrons. The Kier molecular flexibility index (Phi) is 6.00. The van der Waals surface area contributed by atoms with Crippen LogP contribution in [0.2, 0.25) is 0 Å². The molecule has 0 aliphatic heterocycles. The van der Waals surface area contributed by atoms with Crippen molar-refractivity contribution in [3.63, 3.8) is 0 Å². The highest BCUT2D eigenvalue weighted by Gasteiger charge is 2.27. The summed E-state index contributed by atoms with van der Waals surface area (Å²) in [5, 5.41) is 15.9. The third-order valence-electron chi connectivity index (χ3n) is 4.72. The van der Waals surface area contributed by atoms with E-state index in [2.05, 4.69) is 10.4 Å². The summed E-state index contributed by atoms with van der Waals surface area (Å²) in [5.41, 5.74) is 1.31. The average molecular weight is 417 g/mol. The van der Waals surface area contributed by atoms with Gasteiger partial charge < -0.3 is 15.2 Å². The molecule has 158 valence electrons. The van der Waals surface area contributed by atoms with Crippen LogP contribution >= 0.6 is 0 Å². The van der Waals surface area contributed by atoms with Gasteiger partial charge in [0, 0.05) is 13.5 Å². The zero-order chi connectivity index (χ0) is 22.0. The van der Waals surface area contributed by atoms with Crippen LogP contribution in [-0.4, -0.2) is 32.9 Å². The molecule has 1 heterocycles. The van der Waals surface area contributed by atoms with Gasteiger partial charge in [0.05, 0.1) is 17.3 Å². The number of hydrogen-bond donors (Lipinski definition) is 2. The van der Waals surface area contributed by atoms with Crippen LogP contribution in [0.1, 0.15) is 51.4 Å². The molecule has 1 unspecified atom stereocenters. The van der Waals surface area contributed by atoms with Crippen molar-refractivity contribution in [1.82, 2.24) is 15.1 Å². The summed E-state index contributed by atoms with van der Waals surface area (Å²) >= 11 is 0. The number of amides is 1. The second kappa shape index (κ2) is 8.48. The number of nitrogens with zero attached hydrogens (tertiary/aromatic N) is 2. The van der Waals surface area contributed by atoms with Crippen LogP contribution in [-0.2, 0) is 7.05 Å². The van der Waals surface area contributed by atoms with Gasteiger partial charge in [0.25, 0.3) is 5.91 Å². The van der Waals surface area contributed by atoms with E-state index in [1.807, 2.05) is 0 Å². The number of carbonyl (C=O) groups is 2. The summed E-state index contributed by atoms with van der Waals surface area (Å²) in [6.07, 6.45) is 0.441. The van der Waals surface area contributed by atoms with E-state index in [4.69, 9.17) is 9.84 Å². The number of aryl methyl sites for hydroxylation is 2. The first-order valence-corrected chi connectivity index (χ1v) is 9.23. The van der Waals surface area contributed by atoms with Crippen LogP contribution < -0.4 is 10.1 Å². The molecule has 2 N–H and O–H groups in total. The maximum Gasteiger partial charge on any atom is 0.335 e. The maximum atomic E-state index is 14.0. The smallest absolute Gasteiger partial charge is 0.335 e. The zero-order valence-corrected chi connectivity index (χ0v) is 16.6. The first kappa shape index (κ1) is 21.2. The summed E-state index contributed by atoms with van der Waals surface area (Å²) < 4.78 is 34.5. The standard InChI is InChI=1S/C21H21F2N3O4/c1-11(13-4-6-14(7-5-13)21(28)29)24-19(27)18-12(2)25-26(3)20(18)30-17-10-15(22)8-9-16(17)23/h4-9,11,15H,10H2,1-3H3,(H,24,27)(H,28,29)/t11-,15?/m0/s1. The molecule has 2 atom stereocenters. The lowest BCUT2D eigenvalue weighted by molar-refractivity contribution is 0.0696. The van der Waals surface area contributed by atoms with E-state index in [-0.39, 0.29) is 29.2 Å². The minimum atomic E-state index is -1.38. The second-order valence-electron chi connectivity index (χ2n) is 6.96. The highest BCUT2D eigenvalue weighted by Crippen LogP contribution is 2.29. The number of carboxylic acids is 1. The highest BCUT2D eigenvalue weighted by atomic mass is 19.1. The van der Waals surface area contributed by atoms with Crippen molar-refractivity contribution in [2.24, 2.45) is 7.05 Å². The largest absolute Gasteiger partial charge is 0.478 e. The number of halogens is 2. The topological polar surface area (TPSA) is 93.5 Å². The molecule has 1 amide bonds. The molecule has 1 aliphatic carbocycles. The Morgan fingerprint density at radius 1 is 1.33 bits per heavy atom. The maximum absolute atomic E-state index is 14.0. The van der Waals surface area contributed by atoms with Crippen LogP contribution in [0, 0.1) is 6.92 Å². The number of allylic oxidation sites excluding steroid dienone is 4. The number of hydrogen-bond acceptors (Lipinski definition) is 4. The summed E-state index contributed by atoms with van der Waals surface area (Å²) in [7, 11) is 1.54. The van der Waals surface area contributed by atoms with Crippen molar-refractivity contribution >= 4 is 11.9 Å². The van der Waals surface area contributed by atoms with Crippen LogP contribution in [0.3, 0.4) is 0 Å². The Balaban J connectivity index is 1.82. The van der Waals surface area contributed by atoms with Crippen molar-refractivity contribution in [2.75, 3.05) is 0 Å². The molecule has 1 aliphatic rings. The molecule has 2 aromatic rings. The van der Waals surface area contributed by atoms with E-state index < -0.39 is 29.9 Å². The molecule has 3 rings (SSSR count). The average Bonchev–Trinajstić information content (AvgIpc) is 2.97. The third kappa shape index (κ3) is 4.40. The first-order chi connectivity index (χ1) is 14.2. The number of alkyl halides is 1. The predicted octanol–water partition coefficient (Wildman–Crippen LogP) is 3.78. The van der Waals surface area contributed by atoms with Crippen LogP contribution in [0.4, 0.5) is 8.78 Å². The lowest BCUT2D eigenvalue weighted by Crippen LogP contribution is -2.27. The number of aromatic carboxylic acids is 1. The Hall–Kier alpha value is -3.49. The molecule has 0 bridgehead atoms. The molecule has 0 fully saturated rings. The Morgan fingerprint density at radius 2 is 2.00 bits per heavy atom. The summed E-state index contributed by atoms with van der Waals surface area (Å²) in [6.45, 7) is 3.35. The van der Waals surface area contributed by atoms with Gasteiger partial charge in [-0.15, -0.1) is 0 Å². The van der Waals surface area contributed by atoms with Crippen molar-refractivity contribution in [2.45, 2.75) is 32.5 Å². The molecule has 0 saturated heterocycles. The fraction of sp³-hybridized carbons (Fsp3) is 0.286. The number of aromatic nitrogens is 2. The number of carbonyl (C=O) groups excluding carboxylic acids is 1. The molecule has 1 aromatic heterocycles. The third-order valence-corrected chi connectivity index (χ3v) is 4.72. The fourth-order valence-corrected chi connectivity index (χ4v) is 3.11. The number of nitrogens with one attached hydrogen (secondary N) is 1. The van der Waals surface area contributed by atoms with Gasteiger partial charge in [-0.25, -0.2) is 18.3 Å². The van der Waals surface area contributed by atoms with E-state index in [9.17, 15) is 18.4 Å². The van der Waals surface area contributed by atoms with E-state index >= 15 is 0 Å². The summed E-state index contributed by atoms with van der Waals surface area (Å²) in [6, 6.07) is 5.67. The molecule has 30 heavy (non-hydrogen) atoms. The molecule has 1 aromatic carbocycles. The van der Waals surface area contributed by atoms with Crippen molar-refractivity contribution in [3.05, 3.63) is 70.4 Å². The molecule has 0 spiro atoms. The zero-order valence-electron chi connectivity index (χ0n) is 16.6. The van der Waals surface area contributed by atoms with Crippen molar-refractivity contribution < 1.29 is 28.2 Å². The minimum Gasteiger partial charge on any atom is -0.478 e. The number of carboxylic acid groups (broad SMARTS) is 1. The van der Waals surface area contributed by atoms with Gasteiger partial charge in [-0.2, -0.15) is 5.10 Å². The second-order valence-corrected chi connectivity index (χ2v) is 6.96. The highest BCUT2D eigenvalue weighted by molar-refractivity contribution is 5.98.